The summed E-state index contributed by atoms with van der Waals surface area (Å²) >= 11 is 3.15. The van der Waals surface area contributed by atoms with Gasteiger partial charge < -0.3 is 5.32 Å². The molecule has 0 saturated heterocycles. The second-order valence-electron chi connectivity index (χ2n) is 5.86. The predicted molar refractivity (Wildman–Crippen MR) is 107 cm³/mol. The molecule has 0 aliphatic rings. The molecule has 3 rings (SSSR count). The van der Waals surface area contributed by atoms with E-state index in [-0.39, 0.29) is 5.91 Å². The van der Waals surface area contributed by atoms with Gasteiger partial charge in [-0.3, -0.25) is 4.79 Å². The lowest BCUT2D eigenvalue weighted by molar-refractivity contribution is -0.115. The maximum atomic E-state index is 12.1. The maximum absolute atomic E-state index is 12.1. The predicted octanol–water partition coefficient (Wildman–Crippen LogP) is 5.55. The fourth-order valence-corrected chi connectivity index (χ4v) is 3.85. The van der Waals surface area contributed by atoms with Gasteiger partial charge in [-0.05, 0) is 26.0 Å². The zero-order valence-electron chi connectivity index (χ0n) is 14.3. The van der Waals surface area contributed by atoms with Gasteiger partial charge in [-0.2, -0.15) is 0 Å². The highest BCUT2D eigenvalue weighted by Gasteiger charge is 2.08. The van der Waals surface area contributed by atoms with Crippen LogP contribution in [0.5, 0.6) is 0 Å². The van der Waals surface area contributed by atoms with Crippen molar-refractivity contribution >= 4 is 34.1 Å². The van der Waals surface area contributed by atoms with Crippen LogP contribution in [-0.4, -0.2) is 16.6 Å². The van der Waals surface area contributed by atoms with Gasteiger partial charge in [0.15, 0.2) is 5.13 Å². The van der Waals surface area contributed by atoms with Crippen LogP contribution < -0.4 is 5.32 Å². The summed E-state index contributed by atoms with van der Waals surface area (Å²) in [6.45, 7) is 4.13. The molecule has 0 aliphatic carbocycles. The Bertz CT molecular complexity index is 839. The number of anilines is 1. The zero-order chi connectivity index (χ0) is 17.6. The minimum Gasteiger partial charge on any atom is -0.302 e. The Morgan fingerprint density at radius 1 is 1.04 bits per heavy atom. The minimum absolute atomic E-state index is 0.00409. The number of carbonyl (C=O) groups excluding carboxylic acids is 1. The van der Waals surface area contributed by atoms with Crippen molar-refractivity contribution < 1.29 is 4.79 Å². The number of nitrogens with one attached hydrogen (secondary N) is 1. The van der Waals surface area contributed by atoms with Crippen molar-refractivity contribution in [3.8, 4) is 11.3 Å². The van der Waals surface area contributed by atoms with Gasteiger partial charge in [0.25, 0.3) is 0 Å². The van der Waals surface area contributed by atoms with Gasteiger partial charge in [-0.1, -0.05) is 47.5 Å². The molecule has 0 unspecified atom stereocenters. The number of hydrogen-bond acceptors (Lipinski definition) is 4. The number of aryl methyl sites for hydroxylation is 2. The molecule has 0 atom stereocenters. The first-order valence-corrected chi connectivity index (χ1v) is 9.98. The molecule has 2 aromatic carbocycles. The highest BCUT2D eigenvalue weighted by atomic mass is 32.2. The van der Waals surface area contributed by atoms with E-state index in [2.05, 4.69) is 60.5 Å². The Labute approximate surface area is 156 Å². The molecule has 1 heterocycles. The second kappa shape index (κ2) is 8.32. The Kier molecular flexibility index (Phi) is 5.89. The van der Waals surface area contributed by atoms with E-state index in [1.165, 1.54) is 27.4 Å². The van der Waals surface area contributed by atoms with Crippen LogP contribution in [0.15, 0.2) is 58.8 Å². The molecule has 3 nitrogen and oxygen atoms in total. The summed E-state index contributed by atoms with van der Waals surface area (Å²) in [5.74, 6) is 0.759. The lowest BCUT2D eigenvalue weighted by Crippen LogP contribution is -2.11. The molecule has 1 N–H and O–H groups in total. The third-order valence-electron chi connectivity index (χ3n) is 3.72. The molecular formula is C20H20N2OS2. The van der Waals surface area contributed by atoms with E-state index in [0.29, 0.717) is 11.6 Å². The lowest BCUT2D eigenvalue weighted by Gasteiger charge is -2.03. The van der Waals surface area contributed by atoms with Crippen molar-refractivity contribution in [2.75, 3.05) is 11.1 Å². The summed E-state index contributed by atoms with van der Waals surface area (Å²) in [5, 5.41) is 5.52. The molecule has 0 spiro atoms. The number of amides is 1. The highest BCUT2D eigenvalue weighted by Crippen LogP contribution is 2.25. The fourth-order valence-electron chi connectivity index (χ4n) is 2.27. The van der Waals surface area contributed by atoms with Gasteiger partial charge >= 0.3 is 0 Å². The van der Waals surface area contributed by atoms with Crippen molar-refractivity contribution in [1.29, 1.82) is 0 Å². The van der Waals surface area contributed by atoms with E-state index in [4.69, 9.17) is 0 Å². The van der Waals surface area contributed by atoms with Gasteiger partial charge in [0.2, 0.25) is 5.91 Å². The van der Waals surface area contributed by atoms with Crippen molar-refractivity contribution in [3.05, 3.63) is 65.0 Å². The number of hydrogen-bond donors (Lipinski definition) is 1. The molecule has 0 fully saturated rings. The van der Waals surface area contributed by atoms with Crippen LogP contribution in [-0.2, 0) is 4.79 Å². The Hall–Kier alpha value is -2.11. The molecule has 0 saturated carbocycles. The molecule has 0 bridgehead atoms. The summed E-state index contributed by atoms with van der Waals surface area (Å²) in [6.07, 6.45) is 0.470. The molecule has 1 amide bonds. The van der Waals surface area contributed by atoms with Crippen molar-refractivity contribution in [2.24, 2.45) is 0 Å². The molecule has 25 heavy (non-hydrogen) atoms. The topological polar surface area (TPSA) is 42.0 Å². The standard InChI is InChI=1S/C20H20N2OS2/c1-14-3-7-16(8-4-14)18-13-25-20(21-18)22-19(23)11-12-24-17-9-5-15(2)6-10-17/h3-10,13H,11-12H2,1-2H3,(H,21,22,23). The molecule has 1 aromatic heterocycles. The summed E-state index contributed by atoms with van der Waals surface area (Å²) in [6, 6.07) is 16.6. The van der Waals surface area contributed by atoms with Crippen LogP contribution in [0.2, 0.25) is 0 Å². The average molecular weight is 369 g/mol. The summed E-state index contributed by atoms with van der Waals surface area (Å²) in [4.78, 5) is 17.8. The smallest absolute Gasteiger partial charge is 0.226 e. The number of thiazole rings is 1. The second-order valence-corrected chi connectivity index (χ2v) is 7.89. The minimum atomic E-state index is 0.00409. The third-order valence-corrected chi connectivity index (χ3v) is 5.49. The van der Waals surface area contributed by atoms with Gasteiger partial charge in [-0.25, -0.2) is 4.98 Å². The molecular weight excluding hydrogens is 348 g/mol. The number of carbonyl (C=O) groups is 1. The quantitative estimate of drug-likeness (QED) is 0.580. The molecule has 128 valence electrons. The van der Waals surface area contributed by atoms with E-state index in [9.17, 15) is 4.79 Å². The van der Waals surface area contributed by atoms with Gasteiger partial charge in [0.05, 0.1) is 5.69 Å². The van der Waals surface area contributed by atoms with Crippen LogP contribution in [0.3, 0.4) is 0 Å². The van der Waals surface area contributed by atoms with Gasteiger partial charge in [0, 0.05) is 28.0 Å². The Morgan fingerprint density at radius 3 is 2.36 bits per heavy atom. The van der Waals surface area contributed by atoms with Crippen LogP contribution in [0.4, 0.5) is 5.13 Å². The summed E-state index contributed by atoms with van der Waals surface area (Å²) in [5.41, 5.74) is 4.43. The number of benzene rings is 2. The number of thioether (sulfide) groups is 1. The van der Waals surface area contributed by atoms with Crippen molar-refractivity contribution in [3.63, 3.8) is 0 Å². The number of nitrogens with zero attached hydrogens (tertiary/aromatic N) is 1. The number of rotatable bonds is 6. The van der Waals surface area contributed by atoms with E-state index < -0.39 is 0 Å². The monoisotopic (exact) mass is 368 g/mol. The molecule has 3 aromatic rings. The first-order chi connectivity index (χ1) is 12.1. The molecule has 5 heteroatoms. The van der Waals surface area contributed by atoms with Gasteiger partial charge in [0.1, 0.15) is 0 Å². The van der Waals surface area contributed by atoms with E-state index in [0.717, 1.165) is 17.0 Å². The fraction of sp³-hybridized carbons (Fsp3) is 0.200. The SMILES string of the molecule is Cc1ccc(SCCC(=O)Nc2nc(-c3ccc(C)cc3)cs2)cc1. The van der Waals surface area contributed by atoms with Crippen LogP contribution in [0.1, 0.15) is 17.5 Å². The van der Waals surface area contributed by atoms with Crippen molar-refractivity contribution in [1.82, 2.24) is 4.98 Å². The normalized spacial score (nSPS) is 10.6. The van der Waals surface area contributed by atoms with Crippen LogP contribution in [0, 0.1) is 13.8 Å². The van der Waals surface area contributed by atoms with E-state index in [1.54, 1.807) is 11.8 Å². The van der Waals surface area contributed by atoms with Crippen LogP contribution >= 0.6 is 23.1 Å². The number of aromatic nitrogens is 1. The van der Waals surface area contributed by atoms with Crippen molar-refractivity contribution in [2.45, 2.75) is 25.2 Å². The summed E-state index contributed by atoms with van der Waals surface area (Å²) < 4.78 is 0. The Morgan fingerprint density at radius 2 is 1.68 bits per heavy atom. The zero-order valence-corrected chi connectivity index (χ0v) is 15.9. The largest absolute Gasteiger partial charge is 0.302 e. The van der Waals surface area contributed by atoms with E-state index >= 15 is 0 Å². The van der Waals surface area contributed by atoms with Gasteiger partial charge in [-0.15, -0.1) is 23.1 Å². The third kappa shape index (κ3) is 5.18. The maximum Gasteiger partial charge on any atom is 0.226 e. The van der Waals surface area contributed by atoms with Crippen LogP contribution in [0.25, 0.3) is 11.3 Å². The first kappa shape index (κ1) is 17.7. The molecule has 0 aliphatic heterocycles. The average Bonchev–Trinajstić information content (AvgIpc) is 3.06. The lowest BCUT2D eigenvalue weighted by atomic mass is 10.1. The Balaban J connectivity index is 1.49. The highest BCUT2D eigenvalue weighted by molar-refractivity contribution is 7.99. The molecule has 0 radical (unpaired) electrons. The summed E-state index contributed by atoms with van der Waals surface area (Å²) in [7, 11) is 0. The first-order valence-electron chi connectivity index (χ1n) is 8.12. The van der Waals surface area contributed by atoms with E-state index in [1.807, 2.05) is 17.5 Å².